The van der Waals surface area contributed by atoms with E-state index in [0.29, 0.717) is 13.0 Å². The van der Waals surface area contributed by atoms with Crippen molar-refractivity contribution in [1.29, 1.82) is 0 Å². The first-order valence-electron chi connectivity index (χ1n) is 8.78. The van der Waals surface area contributed by atoms with Crippen LogP contribution in [-0.4, -0.2) is 20.9 Å². The van der Waals surface area contributed by atoms with Gasteiger partial charge in [-0.2, -0.15) is 0 Å². The number of carbonyl (C=O) groups is 1. The molecular formula is C20H24N2O3S. The summed E-state index contributed by atoms with van der Waals surface area (Å²) in [5.74, 6) is 0.0799. The van der Waals surface area contributed by atoms with E-state index in [0.717, 1.165) is 16.8 Å². The molecule has 138 valence electrons. The Bertz CT molecular complexity index is 908. The second-order valence-corrected chi connectivity index (χ2v) is 8.68. The van der Waals surface area contributed by atoms with Crippen molar-refractivity contribution < 1.29 is 13.2 Å². The molecule has 3 rings (SSSR count). The largest absolute Gasteiger partial charge is 0.312 e. The smallest absolute Gasteiger partial charge is 0.241 e. The molecule has 0 unspecified atom stereocenters. The molecule has 0 saturated carbocycles. The van der Waals surface area contributed by atoms with Gasteiger partial charge in [0.15, 0.2) is 0 Å². The number of sulfonamides is 1. The van der Waals surface area contributed by atoms with Crippen LogP contribution in [0.4, 0.5) is 5.69 Å². The Morgan fingerprint density at radius 3 is 2.42 bits per heavy atom. The standard InChI is InChI=1S/C20H24N2O3S/c1-14(2)20(16-7-5-4-6-8-16)21-26(24,25)18-9-10-19-17(13-18)11-12-22(19)15(3)23/h4-10,13-14,20-21H,11-12H2,1-3H3/t20-/m0/s1. The van der Waals surface area contributed by atoms with E-state index in [1.165, 1.54) is 6.92 Å². The summed E-state index contributed by atoms with van der Waals surface area (Å²) in [6.45, 7) is 6.11. The molecule has 2 aromatic carbocycles. The minimum Gasteiger partial charge on any atom is -0.312 e. The minimum absolute atomic E-state index is 0.0265. The third kappa shape index (κ3) is 3.66. The summed E-state index contributed by atoms with van der Waals surface area (Å²) < 4.78 is 28.7. The summed E-state index contributed by atoms with van der Waals surface area (Å²) in [5.41, 5.74) is 2.64. The van der Waals surface area contributed by atoms with E-state index in [1.807, 2.05) is 44.2 Å². The second kappa shape index (κ2) is 7.21. The van der Waals surface area contributed by atoms with Crippen LogP contribution in [-0.2, 0) is 21.2 Å². The summed E-state index contributed by atoms with van der Waals surface area (Å²) >= 11 is 0. The molecule has 1 aliphatic rings. The first-order chi connectivity index (χ1) is 12.3. The monoisotopic (exact) mass is 372 g/mol. The van der Waals surface area contributed by atoms with E-state index in [4.69, 9.17) is 0 Å². The van der Waals surface area contributed by atoms with Crippen LogP contribution in [0.3, 0.4) is 0 Å². The van der Waals surface area contributed by atoms with Crippen molar-refractivity contribution >= 4 is 21.6 Å². The van der Waals surface area contributed by atoms with Gasteiger partial charge in [0, 0.05) is 25.2 Å². The highest BCUT2D eigenvalue weighted by atomic mass is 32.2. The predicted octanol–water partition coefficient (Wildman–Crippen LogP) is 3.27. The predicted molar refractivity (Wildman–Crippen MR) is 103 cm³/mol. The fraction of sp³-hybridized carbons (Fsp3) is 0.350. The normalized spacial score (nSPS) is 15.2. The Kier molecular flexibility index (Phi) is 5.16. The van der Waals surface area contributed by atoms with Gasteiger partial charge in [-0.3, -0.25) is 4.79 Å². The molecule has 0 bridgehead atoms. The first-order valence-corrected chi connectivity index (χ1v) is 10.3. The fourth-order valence-electron chi connectivity index (χ4n) is 3.36. The molecule has 0 aliphatic carbocycles. The molecule has 26 heavy (non-hydrogen) atoms. The van der Waals surface area contributed by atoms with Crippen LogP contribution in [0.25, 0.3) is 0 Å². The van der Waals surface area contributed by atoms with Gasteiger partial charge in [-0.1, -0.05) is 44.2 Å². The SMILES string of the molecule is CC(=O)N1CCc2cc(S(=O)(=O)N[C@H](c3ccccc3)C(C)C)ccc21. The molecule has 1 aliphatic heterocycles. The number of hydrogen-bond donors (Lipinski definition) is 1. The lowest BCUT2D eigenvalue weighted by Gasteiger charge is -2.23. The highest BCUT2D eigenvalue weighted by Gasteiger charge is 2.27. The van der Waals surface area contributed by atoms with E-state index < -0.39 is 10.0 Å². The zero-order valence-corrected chi connectivity index (χ0v) is 16.1. The zero-order chi connectivity index (χ0) is 18.9. The highest BCUT2D eigenvalue weighted by Crippen LogP contribution is 2.31. The number of nitrogens with zero attached hydrogens (tertiary/aromatic N) is 1. The second-order valence-electron chi connectivity index (χ2n) is 6.96. The Hall–Kier alpha value is -2.18. The van der Waals surface area contributed by atoms with Crippen LogP contribution < -0.4 is 9.62 Å². The van der Waals surface area contributed by atoms with Gasteiger partial charge in [-0.15, -0.1) is 0 Å². The van der Waals surface area contributed by atoms with E-state index >= 15 is 0 Å². The summed E-state index contributed by atoms with van der Waals surface area (Å²) in [7, 11) is -3.67. The van der Waals surface area contributed by atoms with Crippen LogP contribution in [0.1, 0.15) is 37.9 Å². The lowest BCUT2D eigenvalue weighted by molar-refractivity contribution is -0.116. The average molecular weight is 372 g/mol. The fourth-order valence-corrected chi connectivity index (χ4v) is 4.78. The number of carbonyl (C=O) groups excluding carboxylic acids is 1. The summed E-state index contributed by atoms with van der Waals surface area (Å²) in [5, 5.41) is 0. The molecule has 0 spiro atoms. The summed E-state index contributed by atoms with van der Waals surface area (Å²) in [6.07, 6.45) is 0.671. The van der Waals surface area contributed by atoms with Gasteiger partial charge in [0.25, 0.3) is 0 Å². The number of hydrogen-bond acceptors (Lipinski definition) is 3. The molecule has 0 fully saturated rings. The van der Waals surface area contributed by atoms with Crippen molar-refractivity contribution in [1.82, 2.24) is 4.72 Å². The highest BCUT2D eigenvalue weighted by molar-refractivity contribution is 7.89. The topological polar surface area (TPSA) is 66.5 Å². The van der Waals surface area contributed by atoms with Crippen molar-refractivity contribution in [3.8, 4) is 0 Å². The van der Waals surface area contributed by atoms with Crippen LogP contribution in [0.2, 0.25) is 0 Å². The molecule has 1 N–H and O–H groups in total. The molecule has 0 aromatic heterocycles. The molecule has 2 aromatic rings. The van der Waals surface area contributed by atoms with Gasteiger partial charge in [0.2, 0.25) is 15.9 Å². The van der Waals surface area contributed by atoms with E-state index in [-0.39, 0.29) is 22.8 Å². The summed E-state index contributed by atoms with van der Waals surface area (Å²) in [4.78, 5) is 13.6. The number of benzene rings is 2. The van der Waals surface area contributed by atoms with E-state index in [1.54, 1.807) is 23.1 Å². The van der Waals surface area contributed by atoms with E-state index in [9.17, 15) is 13.2 Å². The molecule has 1 amide bonds. The molecule has 5 nitrogen and oxygen atoms in total. The van der Waals surface area contributed by atoms with Crippen LogP contribution in [0.15, 0.2) is 53.4 Å². The number of fused-ring (bicyclic) bond motifs is 1. The maximum absolute atomic E-state index is 12.9. The lowest BCUT2D eigenvalue weighted by atomic mass is 9.97. The molecular weight excluding hydrogens is 348 g/mol. The molecule has 1 heterocycles. The maximum atomic E-state index is 12.9. The van der Waals surface area contributed by atoms with Gasteiger partial charge in [-0.05, 0) is 41.7 Å². The number of anilines is 1. The number of rotatable bonds is 5. The van der Waals surface area contributed by atoms with Crippen LogP contribution in [0.5, 0.6) is 0 Å². The van der Waals surface area contributed by atoms with Crippen molar-refractivity contribution in [3.63, 3.8) is 0 Å². The molecule has 1 atom stereocenters. The Balaban J connectivity index is 1.90. The minimum atomic E-state index is -3.67. The summed E-state index contributed by atoms with van der Waals surface area (Å²) in [6, 6.07) is 14.3. The van der Waals surface area contributed by atoms with Gasteiger partial charge in [0.1, 0.15) is 0 Å². The lowest BCUT2D eigenvalue weighted by Crippen LogP contribution is -2.32. The van der Waals surface area contributed by atoms with Gasteiger partial charge < -0.3 is 4.90 Å². The van der Waals surface area contributed by atoms with Crippen molar-refractivity contribution in [2.24, 2.45) is 5.92 Å². The Labute approximate surface area is 155 Å². The molecule has 0 radical (unpaired) electrons. The maximum Gasteiger partial charge on any atom is 0.241 e. The van der Waals surface area contributed by atoms with E-state index in [2.05, 4.69) is 4.72 Å². The molecule has 0 saturated heterocycles. The Morgan fingerprint density at radius 2 is 1.81 bits per heavy atom. The zero-order valence-electron chi connectivity index (χ0n) is 15.3. The van der Waals surface area contributed by atoms with Crippen LogP contribution in [0, 0.1) is 5.92 Å². The van der Waals surface area contributed by atoms with Crippen LogP contribution >= 0.6 is 0 Å². The van der Waals surface area contributed by atoms with Gasteiger partial charge in [-0.25, -0.2) is 13.1 Å². The van der Waals surface area contributed by atoms with Crippen molar-refractivity contribution in [3.05, 3.63) is 59.7 Å². The number of amides is 1. The third-order valence-corrected chi connectivity index (χ3v) is 6.18. The first kappa shape index (κ1) is 18.6. The third-order valence-electron chi connectivity index (χ3n) is 4.74. The Morgan fingerprint density at radius 1 is 1.12 bits per heavy atom. The average Bonchev–Trinajstić information content (AvgIpc) is 3.03. The van der Waals surface area contributed by atoms with Crippen molar-refractivity contribution in [2.75, 3.05) is 11.4 Å². The quantitative estimate of drug-likeness (QED) is 0.876. The van der Waals surface area contributed by atoms with Gasteiger partial charge >= 0.3 is 0 Å². The van der Waals surface area contributed by atoms with Crippen molar-refractivity contribution in [2.45, 2.75) is 38.1 Å². The molecule has 6 heteroatoms. The number of nitrogens with one attached hydrogen (secondary N) is 1. The van der Waals surface area contributed by atoms with Gasteiger partial charge in [0.05, 0.1) is 4.90 Å².